The quantitative estimate of drug-likeness (QED) is 0.851. The number of rotatable bonds is 2. The Balaban J connectivity index is 1.80. The molecule has 0 fully saturated rings. The second-order valence-corrected chi connectivity index (χ2v) is 6.58. The summed E-state index contributed by atoms with van der Waals surface area (Å²) in [6, 6.07) is 5.62. The van der Waals surface area contributed by atoms with Crippen LogP contribution < -0.4 is 9.47 Å². The summed E-state index contributed by atoms with van der Waals surface area (Å²) in [6.45, 7) is 0.635. The lowest BCUT2D eigenvalue weighted by molar-refractivity contribution is 0.0706. The first kappa shape index (κ1) is 14.3. The minimum atomic E-state index is -0.0116. The number of thiophene rings is 1. The Kier molecular flexibility index (Phi) is 3.34. The number of nitrogens with zero attached hydrogens (tertiary/aromatic N) is 2. The molecule has 0 bridgehead atoms. The lowest BCUT2D eigenvalue weighted by Crippen LogP contribution is -2.43. The molecule has 0 aliphatic carbocycles. The highest BCUT2D eigenvalue weighted by Crippen LogP contribution is 2.38. The Hall–Kier alpha value is -2.34. The molecule has 118 valence electrons. The van der Waals surface area contributed by atoms with Crippen LogP contribution >= 0.6 is 11.3 Å². The van der Waals surface area contributed by atoms with Crippen molar-refractivity contribution >= 4 is 29.1 Å². The van der Waals surface area contributed by atoms with Crippen molar-refractivity contribution in [3.8, 4) is 11.5 Å². The fourth-order valence-electron chi connectivity index (χ4n) is 3.12. The molecule has 0 spiro atoms. The van der Waals surface area contributed by atoms with E-state index in [1.54, 1.807) is 37.7 Å². The maximum absolute atomic E-state index is 13.0. The van der Waals surface area contributed by atoms with Gasteiger partial charge in [-0.25, -0.2) is 0 Å². The first-order valence-electron chi connectivity index (χ1n) is 7.37. The molecule has 1 atom stereocenters. The summed E-state index contributed by atoms with van der Waals surface area (Å²) in [5, 5.41) is 2.08. The maximum Gasteiger partial charge on any atom is 0.257 e. The highest BCUT2D eigenvalue weighted by molar-refractivity contribution is 7.10. The number of benzene rings is 1. The standard InChI is InChI=1S/C17H16N2O3S/c1-21-14-6-12-13(7-15(14)22-2)18-8-11-5-10-3-4-23-16(10)9-19(11)17(12)20/h3-4,6-8,11H,5,9H2,1-2H3/t11-/m0/s1. The van der Waals surface area contributed by atoms with E-state index >= 15 is 0 Å². The lowest BCUT2D eigenvalue weighted by Gasteiger charge is -2.32. The van der Waals surface area contributed by atoms with Gasteiger partial charge in [-0.15, -0.1) is 11.3 Å². The summed E-state index contributed by atoms with van der Waals surface area (Å²) in [5.41, 5.74) is 2.50. The largest absolute Gasteiger partial charge is 0.493 e. The average molecular weight is 328 g/mol. The molecule has 1 amide bonds. The van der Waals surface area contributed by atoms with Crippen molar-refractivity contribution in [1.29, 1.82) is 0 Å². The van der Waals surface area contributed by atoms with Gasteiger partial charge in [0.1, 0.15) is 0 Å². The van der Waals surface area contributed by atoms with Crippen molar-refractivity contribution in [3.63, 3.8) is 0 Å². The topological polar surface area (TPSA) is 51.1 Å². The minimum absolute atomic E-state index is 0.00557. The van der Waals surface area contributed by atoms with E-state index < -0.39 is 0 Å². The first-order valence-corrected chi connectivity index (χ1v) is 8.25. The van der Waals surface area contributed by atoms with Crippen LogP contribution in [-0.4, -0.2) is 37.3 Å². The van der Waals surface area contributed by atoms with Crippen LogP contribution in [0.5, 0.6) is 11.5 Å². The molecule has 0 saturated heterocycles. The Bertz CT molecular complexity index is 812. The molecule has 2 aliphatic heterocycles. The van der Waals surface area contributed by atoms with E-state index in [1.165, 1.54) is 10.4 Å². The number of aliphatic imine (C=N–C) groups is 1. The molecule has 0 radical (unpaired) electrons. The van der Waals surface area contributed by atoms with E-state index in [2.05, 4.69) is 16.4 Å². The van der Waals surface area contributed by atoms with Gasteiger partial charge in [-0.1, -0.05) is 0 Å². The number of ether oxygens (including phenoxy) is 2. The summed E-state index contributed by atoms with van der Waals surface area (Å²) in [7, 11) is 3.14. The Morgan fingerprint density at radius 2 is 2.04 bits per heavy atom. The first-order chi connectivity index (χ1) is 11.2. The minimum Gasteiger partial charge on any atom is -0.493 e. The van der Waals surface area contributed by atoms with E-state index in [-0.39, 0.29) is 11.9 Å². The molecule has 0 N–H and O–H groups in total. The van der Waals surface area contributed by atoms with Gasteiger partial charge < -0.3 is 14.4 Å². The maximum atomic E-state index is 13.0. The van der Waals surface area contributed by atoms with E-state index in [0.717, 1.165) is 6.42 Å². The number of amides is 1. The third kappa shape index (κ3) is 2.21. The van der Waals surface area contributed by atoms with E-state index in [9.17, 15) is 4.79 Å². The number of hydrogen-bond donors (Lipinski definition) is 0. The summed E-state index contributed by atoms with van der Waals surface area (Å²) >= 11 is 1.70. The molecular formula is C17H16N2O3S. The molecule has 0 unspecified atom stereocenters. The van der Waals surface area contributed by atoms with Gasteiger partial charge in [-0.2, -0.15) is 0 Å². The van der Waals surface area contributed by atoms with Gasteiger partial charge in [-0.05, 0) is 29.5 Å². The number of hydrogen-bond acceptors (Lipinski definition) is 5. The monoisotopic (exact) mass is 328 g/mol. The summed E-state index contributed by atoms with van der Waals surface area (Å²) < 4.78 is 10.6. The van der Waals surface area contributed by atoms with Crippen molar-refractivity contribution < 1.29 is 14.3 Å². The van der Waals surface area contributed by atoms with Gasteiger partial charge in [0, 0.05) is 17.2 Å². The smallest absolute Gasteiger partial charge is 0.257 e. The van der Waals surface area contributed by atoms with Crippen LogP contribution in [0.15, 0.2) is 28.6 Å². The Morgan fingerprint density at radius 3 is 2.83 bits per heavy atom. The molecule has 2 aromatic rings. The summed E-state index contributed by atoms with van der Waals surface area (Å²) in [4.78, 5) is 20.7. The SMILES string of the molecule is COc1cc2c(cc1OC)C(=O)N1Cc3sccc3C[C@H]1C=N2. The number of carbonyl (C=O) groups is 1. The Morgan fingerprint density at radius 1 is 1.26 bits per heavy atom. The van der Waals surface area contributed by atoms with Crippen LogP contribution in [0.2, 0.25) is 0 Å². The predicted octanol–water partition coefficient (Wildman–Crippen LogP) is 3.05. The van der Waals surface area contributed by atoms with Crippen molar-refractivity contribution in [2.24, 2.45) is 4.99 Å². The van der Waals surface area contributed by atoms with Crippen LogP contribution in [0.3, 0.4) is 0 Å². The zero-order chi connectivity index (χ0) is 16.0. The third-order valence-electron chi connectivity index (χ3n) is 4.36. The fourth-order valence-corrected chi connectivity index (χ4v) is 4.03. The highest BCUT2D eigenvalue weighted by atomic mass is 32.1. The van der Waals surface area contributed by atoms with Crippen molar-refractivity contribution in [2.75, 3.05) is 14.2 Å². The van der Waals surface area contributed by atoms with Gasteiger partial charge >= 0.3 is 0 Å². The van der Waals surface area contributed by atoms with Gasteiger partial charge in [0.15, 0.2) is 11.5 Å². The second kappa shape index (κ2) is 5.38. The van der Waals surface area contributed by atoms with Crippen LogP contribution in [0.25, 0.3) is 0 Å². The molecule has 0 saturated carbocycles. The van der Waals surface area contributed by atoms with Crippen molar-refractivity contribution in [3.05, 3.63) is 39.6 Å². The lowest BCUT2D eigenvalue weighted by atomic mass is 10.0. The van der Waals surface area contributed by atoms with Crippen LogP contribution in [0.1, 0.15) is 20.8 Å². The molecular weight excluding hydrogens is 312 g/mol. The fraction of sp³-hybridized carbons (Fsp3) is 0.294. The van der Waals surface area contributed by atoms with Gasteiger partial charge in [0.2, 0.25) is 0 Å². The number of carbonyl (C=O) groups excluding carboxylic acids is 1. The molecule has 6 heteroatoms. The normalized spacial score (nSPS) is 18.8. The predicted molar refractivity (Wildman–Crippen MR) is 89.4 cm³/mol. The molecule has 1 aromatic heterocycles. The molecule has 23 heavy (non-hydrogen) atoms. The van der Waals surface area contributed by atoms with Crippen LogP contribution in [0, 0.1) is 0 Å². The van der Waals surface area contributed by atoms with E-state index in [4.69, 9.17) is 9.47 Å². The molecule has 5 nitrogen and oxygen atoms in total. The molecule has 4 rings (SSSR count). The van der Waals surface area contributed by atoms with E-state index in [1.807, 2.05) is 11.1 Å². The molecule has 1 aromatic carbocycles. The number of methoxy groups -OCH3 is 2. The second-order valence-electron chi connectivity index (χ2n) is 5.58. The van der Waals surface area contributed by atoms with Gasteiger partial charge in [0.05, 0.1) is 38.1 Å². The van der Waals surface area contributed by atoms with Gasteiger partial charge in [0.25, 0.3) is 5.91 Å². The van der Waals surface area contributed by atoms with E-state index in [0.29, 0.717) is 29.3 Å². The van der Waals surface area contributed by atoms with Crippen LogP contribution in [0.4, 0.5) is 5.69 Å². The van der Waals surface area contributed by atoms with Crippen LogP contribution in [-0.2, 0) is 13.0 Å². The molecule has 3 heterocycles. The number of fused-ring (bicyclic) bond motifs is 3. The average Bonchev–Trinajstić information content (AvgIpc) is 2.99. The Labute approximate surface area is 138 Å². The summed E-state index contributed by atoms with van der Waals surface area (Å²) in [5.74, 6) is 1.11. The zero-order valence-electron chi connectivity index (χ0n) is 12.9. The summed E-state index contributed by atoms with van der Waals surface area (Å²) in [6.07, 6.45) is 2.69. The zero-order valence-corrected chi connectivity index (χ0v) is 13.7. The molecule has 2 aliphatic rings. The highest BCUT2D eigenvalue weighted by Gasteiger charge is 2.33. The third-order valence-corrected chi connectivity index (χ3v) is 5.31. The van der Waals surface area contributed by atoms with Crippen molar-refractivity contribution in [1.82, 2.24) is 4.90 Å². The van der Waals surface area contributed by atoms with Crippen molar-refractivity contribution in [2.45, 2.75) is 19.0 Å². The van der Waals surface area contributed by atoms with Gasteiger partial charge in [-0.3, -0.25) is 9.79 Å².